The maximum absolute atomic E-state index is 11.3. The van der Waals surface area contributed by atoms with Crippen molar-refractivity contribution in [3.63, 3.8) is 0 Å². The van der Waals surface area contributed by atoms with Gasteiger partial charge in [-0.15, -0.1) is 0 Å². The van der Waals surface area contributed by atoms with Crippen LogP contribution in [-0.4, -0.2) is 29.7 Å². The van der Waals surface area contributed by atoms with Gasteiger partial charge in [0.15, 0.2) is 0 Å². The molecule has 0 aromatic rings. The van der Waals surface area contributed by atoms with E-state index < -0.39 is 0 Å². The van der Waals surface area contributed by atoms with Crippen molar-refractivity contribution in [3.05, 3.63) is 0 Å². The van der Waals surface area contributed by atoms with Crippen LogP contribution in [0.5, 0.6) is 0 Å². The van der Waals surface area contributed by atoms with Crippen molar-refractivity contribution in [2.75, 3.05) is 12.0 Å². The third-order valence-electron chi connectivity index (χ3n) is 2.44. The smallest absolute Gasteiger partial charge is 0.221 e. The fraction of sp³-hybridized carbons (Fsp3) is 0.800. The van der Waals surface area contributed by atoms with Crippen molar-refractivity contribution in [1.82, 2.24) is 5.32 Å². The number of hydrogen-bond acceptors (Lipinski definition) is 3. The van der Waals surface area contributed by atoms with Gasteiger partial charge < -0.3 is 5.32 Å². The molecule has 1 aliphatic carbocycles. The number of rotatable bonds is 4. The zero-order valence-electron chi connectivity index (χ0n) is 8.54. The fourth-order valence-corrected chi connectivity index (χ4v) is 1.97. The van der Waals surface area contributed by atoms with Crippen molar-refractivity contribution in [2.24, 2.45) is 0 Å². The van der Waals surface area contributed by atoms with E-state index in [9.17, 15) is 9.59 Å². The Bertz CT molecular complexity index is 208. The molecule has 0 aromatic carbocycles. The van der Waals surface area contributed by atoms with E-state index in [0.29, 0.717) is 25.0 Å². The summed E-state index contributed by atoms with van der Waals surface area (Å²) in [5.74, 6) is 1.33. The van der Waals surface area contributed by atoms with Gasteiger partial charge in [0.05, 0.1) is 0 Å². The number of carbonyl (C=O) groups excluding carboxylic acids is 2. The first-order valence-electron chi connectivity index (χ1n) is 5.02. The van der Waals surface area contributed by atoms with Gasteiger partial charge in [0.25, 0.3) is 0 Å². The highest BCUT2D eigenvalue weighted by molar-refractivity contribution is 7.98. The van der Waals surface area contributed by atoms with Crippen LogP contribution in [0, 0.1) is 0 Å². The lowest BCUT2D eigenvalue weighted by Crippen LogP contribution is -2.37. The average Bonchev–Trinajstić information content (AvgIpc) is 2.18. The van der Waals surface area contributed by atoms with Gasteiger partial charge in [0.2, 0.25) is 5.91 Å². The van der Waals surface area contributed by atoms with Crippen LogP contribution in [-0.2, 0) is 9.59 Å². The predicted molar refractivity (Wildman–Crippen MR) is 58.4 cm³/mol. The third-order valence-corrected chi connectivity index (χ3v) is 3.05. The largest absolute Gasteiger partial charge is 0.353 e. The van der Waals surface area contributed by atoms with E-state index in [1.807, 2.05) is 6.26 Å². The van der Waals surface area contributed by atoms with Gasteiger partial charge in [-0.05, 0) is 19.1 Å². The molecule has 1 saturated carbocycles. The minimum absolute atomic E-state index is 0.124. The lowest BCUT2D eigenvalue weighted by molar-refractivity contribution is -0.124. The molecule has 80 valence electrons. The Morgan fingerprint density at radius 2 is 2.14 bits per heavy atom. The van der Waals surface area contributed by atoms with Gasteiger partial charge in [-0.25, -0.2) is 0 Å². The van der Waals surface area contributed by atoms with Gasteiger partial charge in [0.1, 0.15) is 5.78 Å². The van der Waals surface area contributed by atoms with Crippen molar-refractivity contribution < 1.29 is 9.59 Å². The maximum Gasteiger partial charge on any atom is 0.221 e. The Balaban J connectivity index is 2.17. The van der Waals surface area contributed by atoms with E-state index in [4.69, 9.17) is 0 Å². The molecule has 0 aromatic heterocycles. The first kappa shape index (κ1) is 11.6. The molecule has 4 heteroatoms. The zero-order chi connectivity index (χ0) is 10.4. The number of nitrogens with one attached hydrogen (secondary N) is 1. The highest BCUT2D eigenvalue weighted by atomic mass is 32.2. The monoisotopic (exact) mass is 215 g/mol. The minimum Gasteiger partial charge on any atom is -0.353 e. The maximum atomic E-state index is 11.3. The number of carbonyl (C=O) groups is 2. The normalized spacial score (nSPS) is 18.2. The molecule has 1 fully saturated rings. The quantitative estimate of drug-likeness (QED) is 0.770. The molecule has 14 heavy (non-hydrogen) atoms. The molecular formula is C10H17NO2S. The van der Waals surface area contributed by atoms with Gasteiger partial charge >= 0.3 is 0 Å². The average molecular weight is 215 g/mol. The molecule has 0 radical (unpaired) electrons. The van der Waals surface area contributed by atoms with Gasteiger partial charge in [-0.1, -0.05) is 0 Å². The summed E-state index contributed by atoms with van der Waals surface area (Å²) in [5, 5.41) is 2.97. The second-order valence-electron chi connectivity index (χ2n) is 3.62. The summed E-state index contributed by atoms with van der Waals surface area (Å²) < 4.78 is 0. The van der Waals surface area contributed by atoms with E-state index in [0.717, 1.165) is 18.6 Å². The van der Waals surface area contributed by atoms with E-state index in [-0.39, 0.29) is 11.9 Å². The molecule has 3 nitrogen and oxygen atoms in total. The molecule has 1 rings (SSSR count). The Hall–Kier alpha value is -0.510. The Morgan fingerprint density at radius 3 is 2.71 bits per heavy atom. The van der Waals surface area contributed by atoms with Crippen molar-refractivity contribution in [1.29, 1.82) is 0 Å². The summed E-state index contributed by atoms with van der Waals surface area (Å²) in [4.78, 5) is 22.3. The number of amides is 1. The topological polar surface area (TPSA) is 46.2 Å². The highest BCUT2D eigenvalue weighted by Gasteiger charge is 2.19. The van der Waals surface area contributed by atoms with E-state index in [2.05, 4.69) is 5.32 Å². The molecule has 1 aliphatic rings. The second-order valence-corrected chi connectivity index (χ2v) is 4.61. The fourth-order valence-electron chi connectivity index (χ4n) is 1.58. The molecule has 0 bridgehead atoms. The summed E-state index contributed by atoms with van der Waals surface area (Å²) in [6.07, 6.45) is 5.49. The van der Waals surface area contributed by atoms with Crippen LogP contribution in [0.25, 0.3) is 0 Å². The van der Waals surface area contributed by atoms with Gasteiger partial charge in [-0.3, -0.25) is 9.59 Å². The van der Waals surface area contributed by atoms with E-state index in [1.165, 1.54) is 0 Å². The molecule has 0 saturated heterocycles. The molecule has 1 amide bonds. The summed E-state index contributed by atoms with van der Waals surface area (Å²) >= 11 is 1.68. The summed E-state index contributed by atoms with van der Waals surface area (Å²) in [6.45, 7) is 0. The number of hydrogen-bond donors (Lipinski definition) is 1. The van der Waals surface area contributed by atoms with Gasteiger partial charge in [-0.2, -0.15) is 11.8 Å². The second kappa shape index (κ2) is 6.06. The molecule has 1 N–H and O–H groups in total. The molecule has 0 heterocycles. The third kappa shape index (κ3) is 4.13. The Kier molecular flexibility index (Phi) is 5.01. The summed E-state index contributed by atoms with van der Waals surface area (Å²) in [7, 11) is 0. The lowest BCUT2D eigenvalue weighted by Gasteiger charge is -2.21. The first-order valence-corrected chi connectivity index (χ1v) is 6.41. The van der Waals surface area contributed by atoms with Crippen LogP contribution in [0.2, 0.25) is 0 Å². The molecule has 0 atom stereocenters. The van der Waals surface area contributed by atoms with Crippen LogP contribution in [0.4, 0.5) is 0 Å². The SMILES string of the molecule is CSCCC(=O)NC1CCC(=O)CC1. The number of Topliss-reactive ketones (excluding diaryl/α,β-unsaturated/α-hetero) is 1. The number of thioether (sulfide) groups is 1. The van der Waals surface area contributed by atoms with Crippen LogP contribution in [0.1, 0.15) is 32.1 Å². The van der Waals surface area contributed by atoms with E-state index in [1.54, 1.807) is 11.8 Å². The minimum atomic E-state index is 0.124. The zero-order valence-corrected chi connectivity index (χ0v) is 9.36. The first-order chi connectivity index (χ1) is 6.72. The molecule has 0 unspecified atom stereocenters. The van der Waals surface area contributed by atoms with Crippen molar-refractivity contribution in [2.45, 2.75) is 38.1 Å². The Morgan fingerprint density at radius 1 is 1.50 bits per heavy atom. The molecule has 0 aliphatic heterocycles. The predicted octanol–water partition coefficient (Wildman–Crippen LogP) is 1.37. The van der Waals surface area contributed by atoms with Gasteiger partial charge in [0, 0.05) is 31.1 Å². The van der Waals surface area contributed by atoms with Crippen molar-refractivity contribution in [3.8, 4) is 0 Å². The van der Waals surface area contributed by atoms with E-state index >= 15 is 0 Å². The standard InChI is InChI=1S/C10H17NO2S/c1-14-7-6-10(13)11-8-2-4-9(12)5-3-8/h8H,2-7H2,1H3,(H,11,13). The van der Waals surface area contributed by atoms with Crippen molar-refractivity contribution >= 4 is 23.5 Å². The molecule has 0 spiro atoms. The lowest BCUT2D eigenvalue weighted by atomic mass is 9.94. The van der Waals surface area contributed by atoms with Crippen LogP contribution >= 0.6 is 11.8 Å². The van der Waals surface area contributed by atoms with Crippen LogP contribution < -0.4 is 5.32 Å². The van der Waals surface area contributed by atoms with Crippen LogP contribution in [0.3, 0.4) is 0 Å². The summed E-state index contributed by atoms with van der Waals surface area (Å²) in [5.41, 5.74) is 0. The summed E-state index contributed by atoms with van der Waals surface area (Å²) in [6, 6.07) is 0.238. The number of ketones is 1. The molecular weight excluding hydrogens is 198 g/mol. The Labute approximate surface area is 89.0 Å². The van der Waals surface area contributed by atoms with Crippen LogP contribution in [0.15, 0.2) is 0 Å². The highest BCUT2D eigenvalue weighted by Crippen LogP contribution is 2.14.